The largest absolute Gasteiger partial charge is 0.492 e. The number of amidine groups is 1. The number of carbonyl (C=O) groups is 1. The summed E-state index contributed by atoms with van der Waals surface area (Å²) < 4.78 is 32.5. The van der Waals surface area contributed by atoms with Gasteiger partial charge in [0.25, 0.3) is 10.0 Å². The van der Waals surface area contributed by atoms with Crippen LogP contribution >= 0.6 is 0 Å². The predicted molar refractivity (Wildman–Crippen MR) is 84.4 cm³/mol. The Morgan fingerprint density at radius 1 is 1.41 bits per heavy atom. The lowest BCUT2D eigenvalue weighted by molar-refractivity contribution is -0.128. The van der Waals surface area contributed by atoms with Gasteiger partial charge in [-0.1, -0.05) is 19.1 Å². The van der Waals surface area contributed by atoms with E-state index in [2.05, 4.69) is 4.40 Å². The van der Waals surface area contributed by atoms with Crippen LogP contribution in [0.1, 0.15) is 38.3 Å². The maximum Gasteiger partial charge on any atom is 0.259 e. The fourth-order valence-electron chi connectivity index (χ4n) is 2.35. The van der Waals surface area contributed by atoms with Gasteiger partial charge in [-0.15, -0.1) is 4.40 Å². The minimum Gasteiger partial charge on any atom is -0.492 e. The smallest absolute Gasteiger partial charge is 0.259 e. The van der Waals surface area contributed by atoms with E-state index in [4.69, 9.17) is 10.5 Å². The Labute approximate surface area is 130 Å². The van der Waals surface area contributed by atoms with Crippen molar-refractivity contribution < 1.29 is 17.9 Å². The molecule has 1 aliphatic rings. The number of rotatable bonds is 5. The molecule has 120 valence electrons. The lowest BCUT2D eigenvalue weighted by Crippen LogP contribution is -2.31. The number of benzene rings is 1. The topological polar surface area (TPSA) is 98.8 Å². The molecule has 1 heterocycles. The molecule has 0 saturated carbocycles. The number of ether oxygens (including phenoxy) is 1. The van der Waals surface area contributed by atoms with Gasteiger partial charge in [0.1, 0.15) is 24.0 Å². The first kappa shape index (κ1) is 16.5. The van der Waals surface area contributed by atoms with Crippen LogP contribution in [-0.4, -0.2) is 26.6 Å². The number of carbonyl (C=O) groups excluding carboxylic acids is 1. The Morgan fingerprint density at radius 2 is 2.09 bits per heavy atom. The molecule has 2 N–H and O–H groups in total. The second-order valence-corrected chi connectivity index (χ2v) is 7.58. The summed E-state index contributed by atoms with van der Waals surface area (Å²) >= 11 is 0. The van der Waals surface area contributed by atoms with E-state index in [0.29, 0.717) is 23.3 Å². The van der Waals surface area contributed by atoms with Crippen molar-refractivity contribution in [1.82, 2.24) is 0 Å². The second-order valence-electron chi connectivity index (χ2n) is 5.94. The molecule has 0 fully saturated rings. The average Bonchev–Trinajstić information content (AvgIpc) is 2.42. The number of sulfonamides is 1. The Hall–Kier alpha value is -1.89. The normalized spacial score (nSPS) is 16.6. The highest BCUT2D eigenvalue weighted by Crippen LogP contribution is 2.29. The summed E-state index contributed by atoms with van der Waals surface area (Å²) in [4.78, 5) is 11.9. The van der Waals surface area contributed by atoms with Crippen LogP contribution in [0.5, 0.6) is 5.75 Å². The minimum atomic E-state index is -3.57. The van der Waals surface area contributed by atoms with Crippen molar-refractivity contribution >= 4 is 21.6 Å². The highest BCUT2D eigenvalue weighted by atomic mass is 32.2. The molecule has 6 nitrogen and oxygen atoms in total. The zero-order valence-electron chi connectivity index (χ0n) is 12.9. The van der Waals surface area contributed by atoms with Crippen LogP contribution in [0.2, 0.25) is 0 Å². The molecule has 1 aromatic rings. The highest BCUT2D eigenvalue weighted by molar-refractivity contribution is 7.89. The first-order chi connectivity index (χ1) is 10.2. The third-order valence-corrected chi connectivity index (χ3v) is 4.76. The standard InChI is InChI=1S/C15H20N2O4S/c1-4-12(18)15(2,3)9-21-11-7-5-6-10-8-22(19,20)17-14(16)13(10)11/h5-7H,4,8-9H2,1-3H3,(H2,16,17). The number of nitrogens with two attached hydrogens (primary N) is 1. The van der Waals surface area contributed by atoms with Crippen LogP contribution in [0, 0.1) is 5.41 Å². The maximum atomic E-state index is 11.9. The molecule has 22 heavy (non-hydrogen) atoms. The lowest BCUT2D eigenvalue weighted by atomic mass is 9.88. The number of hydrogen-bond donors (Lipinski definition) is 1. The third kappa shape index (κ3) is 3.30. The zero-order chi connectivity index (χ0) is 16.5. The Balaban J connectivity index is 2.31. The molecule has 0 aromatic heterocycles. The summed E-state index contributed by atoms with van der Waals surface area (Å²) in [5.41, 5.74) is 6.21. The Morgan fingerprint density at radius 3 is 2.73 bits per heavy atom. The second kappa shape index (κ2) is 5.72. The van der Waals surface area contributed by atoms with Crippen LogP contribution in [0.15, 0.2) is 22.6 Å². The van der Waals surface area contributed by atoms with E-state index in [9.17, 15) is 13.2 Å². The van der Waals surface area contributed by atoms with E-state index in [1.54, 1.807) is 18.2 Å². The summed E-state index contributed by atoms with van der Waals surface area (Å²) in [6.45, 7) is 5.63. The van der Waals surface area contributed by atoms with Crippen LogP contribution < -0.4 is 10.5 Å². The molecule has 2 rings (SSSR count). The van der Waals surface area contributed by atoms with Crippen LogP contribution in [0.3, 0.4) is 0 Å². The van der Waals surface area contributed by atoms with Gasteiger partial charge in [0.05, 0.1) is 16.7 Å². The fraction of sp³-hybridized carbons (Fsp3) is 0.467. The highest BCUT2D eigenvalue weighted by Gasteiger charge is 2.29. The van der Waals surface area contributed by atoms with Crippen LogP contribution in [0.4, 0.5) is 0 Å². The Kier molecular flexibility index (Phi) is 4.28. The first-order valence-electron chi connectivity index (χ1n) is 7.03. The SMILES string of the molecule is CCC(=O)C(C)(C)COc1cccc2c1C(N)=NS(=O)(=O)C2. The van der Waals surface area contributed by atoms with Gasteiger partial charge < -0.3 is 10.5 Å². The fourth-order valence-corrected chi connectivity index (χ4v) is 3.44. The molecule has 0 amide bonds. The van der Waals surface area contributed by atoms with E-state index in [-0.39, 0.29) is 24.0 Å². The van der Waals surface area contributed by atoms with Crippen molar-refractivity contribution in [3.05, 3.63) is 29.3 Å². The van der Waals surface area contributed by atoms with Crippen molar-refractivity contribution in [2.45, 2.75) is 32.9 Å². The molecule has 0 radical (unpaired) electrons. The molecule has 0 saturated heterocycles. The van der Waals surface area contributed by atoms with Crippen molar-refractivity contribution in [2.75, 3.05) is 6.61 Å². The summed E-state index contributed by atoms with van der Waals surface area (Å²) in [7, 11) is -3.57. The number of hydrogen-bond acceptors (Lipinski definition) is 5. The van der Waals surface area contributed by atoms with Gasteiger partial charge >= 0.3 is 0 Å². The van der Waals surface area contributed by atoms with Gasteiger partial charge in [-0.3, -0.25) is 4.79 Å². The van der Waals surface area contributed by atoms with Gasteiger partial charge in [0.15, 0.2) is 0 Å². The summed E-state index contributed by atoms with van der Waals surface area (Å²) in [5, 5.41) is 0. The lowest BCUT2D eigenvalue weighted by Gasteiger charge is -2.24. The number of fused-ring (bicyclic) bond motifs is 1. The first-order valence-corrected chi connectivity index (χ1v) is 8.63. The molecular weight excluding hydrogens is 304 g/mol. The van der Waals surface area contributed by atoms with Crippen molar-refractivity contribution in [1.29, 1.82) is 0 Å². The van der Waals surface area contributed by atoms with Crippen LogP contribution in [0.25, 0.3) is 0 Å². The molecule has 0 unspecified atom stereocenters. The molecule has 1 aromatic carbocycles. The maximum absolute atomic E-state index is 11.9. The monoisotopic (exact) mass is 324 g/mol. The van der Waals surface area contributed by atoms with E-state index >= 15 is 0 Å². The summed E-state index contributed by atoms with van der Waals surface area (Å²) in [6, 6.07) is 5.09. The number of Topliss-reactive ketones (excluding diaryl/α,β-unsaturated/α-hetero) is 1. The molecule has 0 aliphatic carbocycles. The molecule has 0 bridgehead atoms. The van der Waals surface area contributed by atoms with E-state index in [0.717, 1.165) is 0 Å². The van der Waals surface area contributed by atoms with Gasteiger partial charge in [-0.25, -0.2) is 8.42 Å². The van der Waals surface area contributed by atoms with E-state index in [1.807, 2.05) is 20.8 Å². The quantitative estimate of drug-likeness (QED) is 0.887. The van der Waals surface area contributed by atoms with Gasteiger partial charge in [0.2, 0.25) is 0 Å². The molecule has 0 atom stereocenters. The van der Waals surface area contributed by atoms with Crippen molar-refractivity contribution in [2.24, 2.45) is 15.5 Å². The molecule has 7 heteroatoms. The van der Waals surface area contributed by atoms with Crippen LogP contribution in [-0.2, 0) is 20.6 Å². The van der Waals surface area contributed by atoms with Gasteiger partial charge in [-0.2, -0.15) is 0 Å². The van der Waals surface area contributed by atoms with Crippen molar-refractivity contribution in [3.8, 4) is 5.75 Å². The van der Waals surface area contributed by atoms with Crippen molar-refractivity contribution in [3.63, 3.8) is 0 Å². The Bertz CT molecular complexity index is 736. The molecular formula is C15H20N2O4S. The van der Waals surface area contributed by atoms with E-state index in [1.165, 1.54) is 0 Å². The average molecular weight is 324 g/mol. The minimum absolute atomic E-state index is 0.0727. The molecule has 0 spiro atoms. The number of nitrogens with zero attached hydrogens (tertiary/aromatic N) is 1. The summed E-state index contributed by atoms with van der Waals surface area (Å²) in [6.07, 6.45) is 0.436. The van der Waals surface area contributed by atoms with Gasteiger partial charge in [-0.05, 0) is 25.5 Å². The van der Waals surface area contributed by atoms with Gasteiger partial charge in [0, 0.05) is 6.42 Å². The predicted octanol–water partition coefficient (Wildman–Crippen LogP) is 1.62. The zero-order valence-corrected chi connectivity index (χ0v) is 13.7. The summed E-state index contributed by atoms with van der Waals surface area (Å²) in [5.74, 6) is 0.279. The number of ketones is 1. The molecule has 1 aliphatic heterocycles. The van der Waals surface area contributed by atoms with E-state index < -0.39 is 15.4 Å². The third-order valence-electron chi connectivity index (χ3n) is 3.61.